The fourth-order valence-corrected chi connectivity index (χ4v) is 1.22. The van der Waals surface area contributed by atoms with Crippen LogP contribution in [0.3, 0.4) is 0 Å². The number of benzene rings is 1. The molecule has 0 saturated carbocycles. The second-order valence-electron chi connectivity index (χ2n) is 2.99. The van der Waals surface area contributed by atoms with Gasteiger partial charge in [-0.1, -0.05) is 18.2 Å². The molecule has 0 radical (unpaired) electrons. The van der Waals surface area contributed by atoms with E-state index in [4.69, 9.17) is 10.5 Å². The van der Waals surface area contributed by atoms with Gasteiger partial charge in [0, 0.05) is 6.04 Å². The molecular formula is C10H16ClNO. The van der Waals surface area contributed by atoms with Gasteiger partial charge < -0.3 is 10.5 Å². The number of hydrogen-bond donors (Lipinski definition) is 1. The number of ether oxygens (including phenoxy) is 1. The maximum atomic E-state index is 5.69. The van der Waals surface area contributed by atoms with E-state index in [2.05, 4.69) is 0 Å². The van der Waals surface area contributed by atoms with Gasteiger partial charge in [0.1, 0.15) is 5.75 Å². The molecule has 2 nitrogen and oxygen atoms in total. The Balaban J connectivity index is 0.00000144. The van der Waals surface area contributed by atoms with Gasteiger partial charge in [0.05, 0.1) is 7.11 Å². The normalized spacial score (nSPS) is 11.6. The summed E-state index contributed by atoms with van der Waals surface area (Å²) in [6, 6.07) is 8.14. The average molecular weight is 202 g/mol. The molecule has 3 heteroatoms. The highest BCUT2D eigenvalue weighted by atomic mass is 35.5. The lowest BCUT2D eigenvalue weighted by atomic mass is 10.1. The molecule has 2 N–H and O–H groups in total. The van der Waals surface area contributed by atoms with Crippen LogP contribution in [0.2, 0.25) is 0 Å². The van der Waals surface area contributed by atoms with Gasteiger partial charge in [-0.25, -0.2) is 0 Å². The van der Waals surface area contributed by atoms with E-state index in [-0.39, 0.29) is 18.4 Å². The third-order valence-corrected chi connectivity index (χ3v) is 1.73. The summed E-state index contributed by atoms with van der Waals surface area (Å²) in [5.74, 6) is 0.926. The number of halogens is 1. The van der Waals surface area contributed by atoms with E-state index < -0.39 is 0 Å². The van der Waals surface area contributed by atoms with Crippen LogP contribution in [0.15, 0.2) is 24.3 Å². The number of methoxy groups -OCH3 is 1. The molecule has 13 heavy (non-hydrogen) atoms. The molecule has 0 bridgehead atoms. The van der Waals surface area contributed by atoms with Gasteiger partial charge in [0.2, 0.25) is 0 Å². The van der Waals surface area contributed by atoms with Crippen LogP contribution < -0.4 is 10.5 Å². The second-order valence-corrected chi connectivity index (χ2v) is 2.99. The molecule has 0 spiro atoms. The lowest BCUT2D eigenvalue weighted by molar-refractivity contribution is 0.408. The summed E-state index contributed by atoms with van der Waals surface area (Å²) in [5, 5.41) is 0. The second kappa shape index (κ2) is 5.84. The van der Waals surface area contributed by atoms with Gasteiger partial charge in [-0.15, -0.1) is 12.4 Å². The molecular weight excluding hydrogens is 186 g/mol. The topological polar surface area (TPSA) is 35.2 Å². The standard InChI is InChI=1S/C10H15NO.ClH/c1-8(11)7-9-5-3-4-6-10(9)12-2;/h3-6,8H,7,11H2,1-2H3;1H/t8-;/m1./s1. The first kappa shape index (κ1) is 12.3. The highest BCUT2D eigenvalue weighted by Crippen LogP contribution is 2.18. The van der Waals surface area contributed by atoms with Gasteiger partial charge >= 0.3 is 0 Å². The number of para-hydroxylation sites is 1. The van der Waals surface area contributed by atoms with E-state index in [1.165, 1.54) is 5.56 Å². The predicted molar refractivity (Wildman–Crippen MR) is 57.6 cm³/mol. The maximum Gasteiger partial charge on any atom is 0.122 e. The van der Waals surface area contributed by atoms with Crippen LogP contribution in [0, 0.1) is 0 Å². The molecule has 0 amide bonds. The first-order chi connectivity index (χ1) is 5.74. The molecule has 0 unspecified atom stereocenters. The molecule has 0 aliphatic carbocycles. The highest BCUT2D eigenvalue weighted by molar-refractivity contribution is 5.85. The van der Waals surface area contributed by atoms with E-state index in [1.54, 1.807) is 7.11 Å². The van der Waals surface area contributed by atoms with E-state index in [0.29, 0.717) is 0 Å². The minimum atomic E-state index is 0. The van der Waals surface area contributed by atoms with Crippen molar-refractivity contribution in [2.45, 2.75) is 19.4 Å². The van der Waals surface area contributed by atoms with Crippen molar-refractivity contribution in [1.29, 1.82) is 0 Å². The monoisotopic (exact) mass is 201 g/mol. The minimum Gasteiger partial charge on any atom is -0.496 e. The van der Waals surface area contributed by atoms with Crippen molar-refractivity contribution in [2.75, 3.05) is 7.11 Å². The molecule has 1 aromatic carbocycles. The largest absolute Gasteiger partial charge is 0.496 e. The maximum absolute atomic E-state index is 5.69. The van der Waals surface area contributed by atoms with E-state index in [1.807, 2.05) is 31.2 Å². The molecule has 1 rings (SSSR count). The molecule has 0 heterocycles. The molecule has 0 fully saturated rings. The summed E-state index contributed by atoms with van der Waals surface area (Å²) in [6.07, 6.45) is 0.865. The fraction of sp³-hybridized carbons (Fsp3) is 0.400. The Morgan fingerprint density at radius 1 is 1.38 bits per heavy atom. The van der Waals surface area contributed by atoms with Crippen LogP contribution in [0.5, 0.6) is 5.75 Å². The average Bonchev–Trinajstić information content (AvgIpc) is 2.04. The molecule has 1 atom stereocenters. The number of hydrogen-bond acceptors (Lipinski definition) is 2. The van der Waals surface area contributed by atoms with Crippen molar-refractivity contribution in [3.8, 4) is 5.75 Å². The molecule has 74 valence electrons. The summed E-state index contributed by atoms with van der Waals surface area (Å²) in [7, 11) is 1.68. The van der Waals surface area contributed by atoms with E-state index in [0.717, 1.165) is 12.2 Å². The quantitative estimate of drug-likeness (QED) is 0.812. The Morgan fingerprint density at radius 2 is 2.00 bits per heavy atom. The minimum absolute atomic E-state index is 0. The van der Waals surface area contributed by atoms with Crippen LogP contribution in [0.1, 0.15) is 12.5 Å². The predicted octanol–water partition coefficient (Wildman–Crippen LogP) is 2.01. The Labute approximate surface area is 85.5 Å². The molecule has 1 aromatic rings. The van der Waals surface area contributed by atoms with Gasteiger partial charge in [-0.2, -0.15) is 0 Å². The smallest absolute Gasteiger partial charge is 0.122 e. The Morgan fingerprint density at radius 3 is 2.54 bits per heavy atom. The third kappa shape index (κ3) is 3.66. The number of nitrogens with two attached hydrogens (primary N) is 1. The van der Waals surface area contributed by atoms with Crippen LogP contribution in [-0.4, -0.2) is 13.2 Å². The Bertz CT molecular complexity index is 250. The molecule has 0 aromatic heterocycles. The Hall–Kier alpha value is -0.730. The summed E-state index contributed by atoms with van der Waals surface area (Å²) < 4.78 is 5.19. The van der Waals surface area contributed by atoms with Crippen LogP contribution >= 0.6 is 12.4 Å². The zero-order valence-electron chi connectivity index (χ0n) is 7.99. The lowest BCUT2D eigenvalue weighted by Crippen LogP contribution is -2.18. The van der Waals surface area contributed by atoms with Crippen molar-refractivity contribution in [3.05, 3.63) is 29.8 Å². The van der Waals surface area contributed by atoms with Gasteiger partial charge in [-0.05, 0) is 25.0 Å². The molecule has 0 aliphatic rings. The summed E-state index contributed by atoms with van der Waals surface area (Å²) in [4.78, 5) is 0. The van der Waals surface area contributed by atoms with Gasteiger partial charge in [0.25, 0.3) is 0 Å². The highest BCUT2D eigenvalue weighted by Gasteiger charge is 2.02. The lowest BCUT2D eigenvalue weighted by Gasteiger charge is -2.09. The van der Waals surface area contributed by atoms with Crippen LogP contribution in [0.4, 0.5) is 0 Å². The summed E-state index contributed by atoms with van der Waals surface area (Å²) in [6.45, 7) is 1.99. The van der Waals surface area contributed by atoms with Crippen LogP contribution in [0.25, 0.3) is 0 Å². The third-order valence-electron chi connectivity index (χ3n) is 1.73. The van der Waals surface area contributed by atoms with Crippen molar-refractivity contribution >= 4 is 12.4 Å². The summed E-state index contributed by atoms with van der Waals surface area (Å²) >= 11 is 0. The zero-order chi connectivity index (χ0) is 8.97. The van der Waals surface area contributed by atoms with Gasteiger partial charge in [-0.3, -0.25) is 0 Å². The Kier molecular flexibility index (Phi) is 5.51. The van der Waals surface area contributed by atoms with Crippen molar-refractivity contribution in [2.24, 2.45) is 5.73 Å². The fourth-order valence-electron chi connectivity index (χ4n) is 1.22. The van der Waals surface area contributed by atoms with E-state index >= 15 is 0 Å². The number of rotatable bonds is 3. The zero-order valence-corrected chi connectivity index (χ0v) is 8.80. The molecule has 0 saturated heterocycles. The van der Waals surface area contributed by atoms with Crippen molar-refractivity contribution in [3.63, 3.8) is 0 Å². The van der Waals surface area contributed by atoms with Crippen molar-refractivity contribution in [1.82, 2.24) is 0 Å². The first-order valence-corrected chi connectivity index (χ1v) is 4.11. The van der Waals surface area contributed by atoms with Crippen LogP contribution in [-0.2, 0) is 6.42 Å². The van der Waals surface area contributed by atoms with Gasteiger partial charge in [0.15, 0.2) is 0 Å². The van der Waals surface area contributed by atoms with Crippen molar-refractivity contribution < 1.29 is 4.74 Å². The van der Waals surface area contributed by atoms with E-state index in [9.17, 15) is 0 Å². The molecule has 0 aliphatic heterocycles. The SMILES string of the molecule is COc1ccccc1C[C@@H](C)N.Cl. The summed E-state index contributed by atoms with van der Waals surface area (Å²) in [5.41, 5.74) is 6.87. The first-order valence-electron chi connectivity index (χ1n) is 4.11.